The molecular weight excluding hydrogens is 234 g/mol. The minimum absolute atomic E-state index is 0.0543. The predicted molar refractivity (Wildman–Crippen MR) is 54.6 cm³/mol. The monoisotopic (exact) mass is 241 g/mol. The van der Waals surface area contributed by atoms with E-state index in [2.05, 4.69) is 4.98 Å². The lowest BCUT2D eigenvalue weighted by Gasteiger charge is -2.07. The number of benzene rings is 1. The third-order valence-electron chi connectivity index (χ3n) is 2.22. The standard InChI is InChI=1S/C12H7F4N/c13-11-9(8-4-2-1-3-5-8)6-7-10(17-11)12(14,15)16/h1-7H. The lowest BCUT2D eigenvalue weighted by Crippen LogP contribution is -2.09. The third kappa shape index (κ3) is 2.43. The van der Waals surface area contributed by atoms with Crippen LogP contribution in [0.5, 0.6) is 0 Å². The van der Waals surface area contributed by atoms with E-state index in [-0.39, 0.29) is 5.56 Å². The lowest BCUT2D eigenvalue weighted by atomic mass is 10.1. The van der Waals surface area contributed by atoms with E-state index in [1.165, 1.54) is 0 Å². The minimum Gasteiger partial charge on any atom is -0.215 e. The zero-order valence-corrected chi connectivity index (χ0v) is 8.50. The summed E-state index contributed by atoms with van der Waals surface area (Å²) in [6, 6.07) is 10.1. The number of halogens is 4. The Bertz CT molecular complexity index is 520. The van der Waals surface area contributed by atoms with E-state index >= 15 is 0 Å². The van der Waals surface area contributed by atoms with Gasteiger partial charge in [-0.25, -0.2) is 4.98 Å². The molecule has 0 atom stereocenters. The second-order valence-electron chi connectivity index (χ2n) is 3.40. The molecular formula is C12H7F4N. The lowest BCUT2D eigenvalue weighted by molar-refractivity contribution is -0.141. The molecule has 1 aromatic heterocycles. The van der Waals surface area contributed by atoms with Crippen LogP contribution in [0.25, 0.3) is 11.1 Å². The van der Waals surface area contributed by atoms with Crippen molar-refractivity contribution in [3.8, 4) is 11.1 Å². The molecule has 1 nitrogen and oxygen atoms in total. The maximum atomic E-state index is 13.5. The molecule has 1 heterocycles. The smallest absolute Gasteiger partial charge is 0.215 e. The summed E-state index contributed by atoms with van der Waals surface area (Å²) in [5.41, 5.74) is -0.681. The van der Waals surface area contributed by atoms with Gasteiger partial charge in [0.15, 0.2) is 0 Å². The normalized spacial score (nSPS) is 11.5. The molecule has 0 aliphatic heterocycles. The number of hydrogen-bond donors (Lipinski definition) is 0. The van der Waals surface area contributed by atoms with Crippen LogP contribution in [0.15, 0.2) is 42.5 Å². The Morgan fingerprint density at radius 3 is 2.06 bits per heavy atom. The van der Waals surface area contributed by atoms with Gasteiger partial charge >= 0.3 is 6.18 Å². The van der Waals surface area contributed by atoms with Gasteiger partial charge in [-0.05, 0) is 17.7 Å². The molecule has 2 rings (SSSR count). The van der Waals surface area contributed by atoms with Gasteiger partial charge in [0.25, 0.3) is 0 Å². The molecule has 0 unspecified atom stereocenters. The third-order valence-corrected chi connectivity index (χ3v) is 2.22. The fourth-order valence-electron chi connectivity index (χ4n) is 1.43. The molecule has 0 spiro atoms. The van der Waals surface area contributed by atoms with Crippen molar-refractivity contribution in [2.45, 2.75) is 6.18 Å². The minimum atomic E-state index is -4.63. The van der Waals surface area contributed by atoms with Crippen molar-refractivity contribution in [3.05, 3.63) is 54.1 Å². The molecule has 2 aromatic rings. The fourth-order valence-corrected chi connectivity index (χ4v) is 1.43. The van der Waals surface area contributed by atoms with Crippen LogP contribution in [-0.4, -0.2) is 4.98 Å². The Labute approximate surface area is 94.7 Å². The van der Waals surface area contributed by atoms with Gasteiger partial charge in [-0.15, -0.1) is 0 Å². The van der Waals surface area contributed by atoms with E-state index in [1.54, 1.807) is 30.3 Å². The van der Waals surface area contributed by atoms with E-state index < -0.39 is 17.8 Å². The van der Waals surface area contributed by atoms with Crippen molar-refractivity contribution in [3.63, 3.8) is 0 Å². The number of aromatic nitrogens is 1. The molecule has 17 heavy (non-hydrogen) atoms. The second kappa shape index (κ2) is 4.16. The van der Waals surface area contributed by atoms with Gasteiger partial charge in [-0.2, -0.15) is 17.6 Å². The van der Waals surface area contributed by atoms with E-state index in [9.17, 15) is 17.6 Å². The first kappa shape index (κ1) is 11.6. The van der Waals surface area contributed by atoms with Gasteiger partial charge in [-0.3, -0.25) is 0 Å². The van der Waals surface area contributed by atoms with Crippen molar-refractivity contribution < 1.29 is 17.6 Å². The molecule has 88 valence electrons. The van der Waals surface area contributed by atoms with Gasteiger partial charge in [0.05, 0.1) is 0 Å². The van der Waals surface area contributed by atoms with E-state index in [4.69, 9.17) is 0 Å². The topological polar surface area (TPSA) is 12.9 Å². The molecule has 0 aliphatic carbocycles. The van der Waals surface area contributed by atoms with Crippen LogP contribution in [0.1, 0.15) is 5.69 Å². The number of pyridine rings is 1. The SMILES string of the molecule is Fc1nc(C(F)(F)F)ccc1-c1ccccc1. The Balaban J connectivity index is 2.46. The maximum absolute atomic E-state index is 13.5. The van der Waals surface area contributed by atoms with Gasteiger partial charge in [0.2, 0.25) is 5.95 Å². The van der Waals surface area contributed by atoms with E-state index in [0.29, 0.717) is 5.56 Å². The van der Waals surface area contributed by atoms with Gasteiger partial charge in [0.1, 0.15) is 5.69 Å². The molecule has 0 bridgehead atoms. The molecule has 0 radical (unpaired) electrons. The summed E-state index contributed by atoms with van der Waals surface area (Å²) in [6.45, 7) is 0. The van der Waals surface area contributed by atoms with Gasteiger partial charge in [0, 0.05) is 5.56 Å². The molecule has 0 fully saturated rings. The zero-order valence-electron chi connectivity index (χ0n) is 8.50. The van der Waals surface area contributed by atoms with Crippen molar-refractivity contribution in [2.24, 2.45) is 0 Å². The highest BCUT2D eigenvalue weighted by Crippen LogP contribution is 2.30. The first-order chi connectivity index (χ1) is 7.98. The van der Waals surface area contributed by atoms with Gasteiger partial charge in [-0.1, -0.05) is 30.3 Å². The predicted octanol–water partition coefficient (Wildman–Crippen LogP) is 3.91. The Morgan fingerprint density at radius 1 is 0.882 bits per heavy atom. The van der Waals surface area contributed by atoms with Crippen molar-refractivity contribution in [1.29, 1.82) is 0 Å². The fraction of sp³-hybridized carbons (Fsp3) is 0.0833. The summed E-state index contributed by atoms with van der Waals surface area (Å²) < 4.78 is 50.3. The Kier molecular flexibility index (Phi) is 2.83. The highest BCUT2D eigenvalue weighted by molar-refractivity contribution is 5.62. The first-order valence-corrected chi connectivity index (χ1v) is 4.77. The summed E-state index contributed by atoms with van der Waals surface area (Å²) in [5.74, 6) is -1.12. The van der Waals surface area contributed by atoms with Crippen LogP contribution in [0.3, 0.4) is 0 Å². The largest absolute Gasteiger partial charge is 0.433 e. The van der Waals surface area contributed by atoms with Crippen LogP contribution in [0, 0.1) is 5.95 Å². The van der Waals surface area contributed by atoms with Gasteiger partial charge < -0.3 is 0 Å². The molecule has 0 amide bonds. The van der Waals surface area contributed by atoms with E-state index in [0.717, 1.165) is 12.1 Å². The summed E-state index contributed by atoms with van der Waals surface area (Å²) in [4.78, 5) is 2.93. The van der Waals surface area contributed by atoms with Crippen LogP contribution >= 0.6 is 0 Å². The Hall–Kier alpha value is -1.91. The van der Waals surface area contributed by atoms with Crippen molar-refractivity contribution >= 4 is 0 Å². The average molecular weight is 241 g/mol. The quantitative estimate of drug-likeness (QED) is 0.545. The summed E-state index contributed by atoms with van der Waals surface area (Å²) in [5, 5.41) is 0. The first-order valence-electron chi connectivity index (χ1n) is 4.77. The molecule has 0 aliphatic rings. The second-order valence-corrected chi connectivity index (χ2v) is 3.40. The number of rotatable bonds is 1. The van der Waals surface area contributed by atoms with Crippen molar-refractivity contribution in [1.82, 2.24) is 4.98 Å². The number of nitrogens with zero attached hydrogens (tertiary/aromatic N) is 1. The Morgan fingerprint density at radius 2 is 1.53 bits per heavy atom. The zero-order chi connectivity index (χ0) is 12.5. The molecule has 0 saturated heterocycles. The highest BCUT2D eigenvalue weighted by atomic mass is 19.4. The van der Waals surface area contributed by atoms with Crippen LogP contribution in [0.4, 0.5) is 17.6 Å². The summed E-state index contributed by atoms with van der Waals surface area (Å²) in [7, 11) is 0. The number of alkyl halides is 3. The molecule has 0 N–H and O–H groups in total. The maximum Gasteiger partial charge on any atom is 0.433 e. The molecule has 1 aromatic carbocycles. The molecule has 5 heteroatoms. The van der Waals surface area contributed by atoms with Crippen LogP contribution in [-0.2, 0) is 6.18 Å². The average Bonchev–Trinajstić information content (AvgIpc) is 2.29. The highest BCUT2D eigenvalue weighted by Gasteiger charge is 2.33. The van der Waals surface area contributed by atoms with E-state index in [1.807, 2.05) is 0 Å². The number of hydrogen-bond acceptors (Lipinski definition) is 1. The molecule has 0 saturated carbocycles. The van der Waals surface area contributed by atoms with Crippen molar-refractivity contribution in [2.75, 3.05) is 0 Å². The summed E-state index contributed by atoms with van der Waals surface area (Å²) in [6.07, 6.45) is -4.63. The van der Waals surface area contributed by atoms with Crippen LogP contribution < -0.4 is 0 Å². The summed E-state index contributed by atoms with van der Waals surface area (Å²) >= 11 is 0. The van der Waals surface area contributed by atoms with Crippen LogP contribution in [0.2, 0.25) is 0 Å².